The number of carbonyl (C=O) groups is 1. The fourth-order valence-electron chi connectivity index (χ4n) is 4.39. The number of benzene rings is 1. The molecular formula is C24H21FN4O5S. The lowest BCUT2D eigenvalue weighted by atomic mass is 10.1. The first kappa shape index (κ1) is 22.1. The number of ether oxygens (including phenoxy) is 3. The number of rotatable bonds is 5. The van der Waals surface area contributed by atoms with Crippen LogP contribution in [0.25, 0.3) is 33.5 Å². The van der Waals surface area contributed by atoms with E-state index in [4.69, 9.17) is 14.2 Å². The van der Waals surface area contributed by atoms with Gasteiger partial charge in [0.2, 0.25) is 5.91 Å². The summed E-state index contributed by atoms with van der Waals surface area (Å²) in [5, 5.41) is 14.9. The van der Waals surface area contributed by atoms with E-state index >= 15 is 0 Å². The summed E-state index contributed by atoms with van der Waals surface area (Å²) in [4.78, 5) is 23.2. The monoisotopic (exact) mass is 496 g/mol. The molecular weight excluding hydrogens is 475 g/mol. The number of halogens is 1. The fourth-order valence-corrected chi connectivity index (χ4v) is 5.16. The summed E-state index contributed by atoms with van der Waals surface area (Å²) < 4.78 is 32.1. The van der Waals surface area contributed by atoms with Crippen LogP contribution < -0.4 is 10.1 Å². The molecule has 2 fully saturated rings. The van der Waals surface area contributed by atoms with Gasteiger partial charge in [-0.2, -0.15) is 0 Å². The molecule has 0 bridgehead atoms. The average molecular weight is 497 g/mol. The minimum atomic E-state index is -0.657. The number of aromatic nitrogens is 3. The lowest BCUT2D eigenvalue weighted by Crippen LogP contribution is -2.34. The molecule has 2 aliphatic rings. The highest BCUT2D eigenvalue weighted by Gasteiger charge is 2.48. The second-order valence-electron chi connectivity index (χ2n) is 8.50. The van der Waals surface area contributed by atoms with Gasteiger partial charge >= 0.3 is 0 Å². The molecule has 3 aromatic heterocycles. The van der Waals surface area contributed by atoms with Gasteiger partial charge in [0.1, 0.15) is 24.0 Å². The third-order valence-electron chi connectivity index (χ3n) is 6.03. The van der Waals surface area contributed by atoms with E-state index in [1.54, 1.807) is 18.2 Å². The van der Waals surface area contributed by atoms with Gasteiger partial charge in [0.25, 0.3) is 0 Å². The number of anilines is 1. The molecule has 0 aliphatic carbocycles. The molecule has 4 aromatic rings. The van der Waals surface area contributed by atoms with Crippen molar-refractivity contribution in [3.63, 3.8) is 0 Å². The summed E-state index contributed by atoms with van der Waals surface area (Å²) in [6, 6.07) is 10.4. The number of hydrogen-bond donors (Lipinski definition) is 3. The quantitative estimate of drug-likeness (QED) is 0.388. The number of carbonyl (C=O) groups excluding carboxylic acids is 1. The molecule has 180 valence electrons. The van der Waals surface area contributed by atoms with Crippen LogP contribution in [0.2, 0.25) is 0 Å². The van der Waals surface area contributed by atoms with Crippen LogP contribution in [-0.4, -0.2) is 63.6 Å². The summed E-state index contributed by atoms with van der Waals surface area (Å²) in [7, 11) is 0. The van der Waals surface area contributed by atoms with E-state index < -0.39 is 18.0 Å². The zero-order valence-electron chi connectivity index (χ0n) is 18.5. The van der Waals surface area contributed by atoms with Crippen molar-refractivity contribution in [2.45, 2.75) is 31.3 Å². The van der Waals surface area contributed by atoms with Crippen molar-refractivity contribution in [2.75, 3.05) is 18.5 Å². The van der Waals surface area contributed by atoms with Gasteiger partial charge in [-0.25, -0.2) is 14.4 Å². The van der Waals surface area contributed by atoms with Gasteiger partial charge in [-0.1, -0.05) is 24.3 Å². The SMILES string of the molecule is CC(=O)Nc1nc(-c2ccc(-c3nc4cc(O[C@@H]5COC6C5OC[C@H]6O)[nH]c4cc3F)cc2)cs1. The topological polar surface area (TPSA) is 119 Å². The molecule has 11 heteroatoms. The van der Waals surface area contributed by atoms with Crippen LogP contribution in [0.5, 0.6) is 5.88 Å². The number of aromatic amines is 1. The third kappa shape index (κ3) is 4.16. The smallest absolute Gasteiger partial charge is 0.223 e. The van der Waals surface area contributed by atoms with Crippen LogP contribution in [0, 0.1) is 5.82 Å². The molecule has 0 spiro atoms. The first-order chi connectivity index (χ1) is 16.9. The Labute approximate surface area is 202 Å². The lowest BCUT2D eigenvalue weighted by molar-refractivity contribution is -0.114. The van der Waals surface area contributed by atoms with Crippen molar-refractivity contribution < 1.29 is 28.5 Å². The van der Waals surface area contributed by atoms with Crippen molar-refractivity contribution in [2.24, 2.45) is 0 Å². The van der Waals surface area contributed by atoms with Crippen molar-refractivity contribution in [1.29, 1.82) is 0 Å². The summed E-state index contributed by atoms with van der Waals surface area (Å²) in [5.74, 6) is -0.216. The zero-order valence-corrected chi connectivity index (χ0v) is 19.3. The normalized spacial score (nSPS) is 23.5. The Kier molecular flexibility index (Phi) is 5.49. The molecule has 2 saturated heterocycles. The van der Waals surface area contributed by atoms with E-state index in [0.717, 1.165) is 11.3 Å². The summed E-state index contributed by atoms with van der Waals surface area (Å²) in [5.41, 5.74) is 3.47. The minimum absolute atomic E-state index is 0.178. The molecule has 35 heavy (non-hydrogen) atoms. The molecule has 1 aromatic carbocycles. The molecule has 2 aliphatic heterocycles. The van der Waals surface area contributed by atoms with Gasteiger partial charge in [0.05, 0.1) is 29.9 Å². The molecule has 0 saturated carbocycles. The Morgan fingerprint density at radius 3 is 2.74 bits per heavy atom. The Bertz CT molecular complexity index is 1400. The standard InChI is InChI=1S/C24H21FN4O5S/c1-11(30)26-24-29-17(10-35-24)12-2-4-13(5-3-12)21-14(25)6-15-16(28-21)7-20(27-15)34-19-9-33-22-18(31)8-32-23(19)22/h2-7,10,18-19,22-23,27,31H,8-9H2,1H3,(H,26,29,30)/t18-,19-,22?,23?/m1/s1. The number of thiazole rings is 1. The van der Waals surface area contributed by atoms with Gasteiger partial charge in [-0.05, 0) is 0 Å². The first-order valence-corrected chi connectivity index (χ1v) is 11.9. The Hall–Kier alpha value is -3.38. The molecule has 6 rings (SSSR count). The largest absolute Gasteiger partial charge is 0.470 e. The predicted molar refractivity (Wildman–Crippen MR) is 127 cm³/mol. The minimum Gasteiger partial charge on any atom is -0.470 e. The van der Waals surface area contributed by atoms with Crippen LogP contribution >= 0.6 is 11.3 Å². The number of H-pyrrole nitrogens is 1. The Balaban J connectivity index is 1.22. The Morgan fingerprint density at radius 1 is 1.17 bits per heavy atom. The van der Waals surface area contributed by atoms with Gasteiger partial charge in [0, 0.05) is 35.6 Å². The number of nitrogens with one attached hydrogen (secondary N) is 2. The molecule has 5 heterocycles. The van der Waals surface area contributed by atoms with Crippen LogP contribution in [0.1, 0.15) is 6.92 Å². The molecule has 4 atom stereocenters. The van der Waals surface area contributed by atoms with E-state index in [1.807, 2.05) is 17.5 Å². The number of amides is 1. The number of aliphatic hydroxyl groups excluding tert-OH is 1. The summed E-state index contributed by atoms with van der Waals surface area (Å²) in [6.45, 7) is 1.95. The maximum Gasteiger partial charge on any atom is 0.223 e. The first-order valence-electron chi connectivity index (χ1n) is 11.1. The van der Waals surface area contributed by atoms with E-state index in [1.165, 1.54) is 24.3 Å². The van der Waals surface area contributed by atoms with Gasteiger partial charge in [-0.3, -0.25) is 4.79 Å². The highest BCUT2D eigenvalue weighted by Crippen LogP contribution is 2.33. The van der Waals surface area contributed by atoms with Gasteiger partial charge < -0.3 is 29.6 Å². The van der Waals surface area contributed by atoms with Crippen LogP contribution in [-0.2, 0) is 14.3 Å². The number of aliphatic hydroxyl groups is 1. The van der Waals surface area contributed by atoms with Crippen LogP contribution in [0.3, 0.4) is 0 Å². The number of fused-ring (bicyclic) bond motifs is 2. The summed E-state index contributed by atoms with van der Waals surface area (Å²) in [6.07, 6.45) is -1.77. The zero-order chi connectivity index (χ0) is 24.1. The highest BCUT2D eigenvalue weighted by molar-refractivity contribution is 7.14. The number of pyridine rings is 1. The van der Waals surface area contributed by atoms with Crippen LogP contribution in [0.15, 0.2) is 41.8 Å². The molecule has 0 radical (unpaired) electrons. The van der Waals surface area contributed by atoms with E-state index in [0.29, 0.717) is 34.2 Å². The number of nitrogens with zero attached hydrogens (tertiary/aromatic N) is 2. The maximum atomic E-state index is 14.9. The predicted octanol–water partition coefficient (Wildman–Crippen LogP) is 3.36. The average Bonchev–Trinajstić information content (AvgIpc) is 3.60. The highest BCUT2D eigenvalue weighted by atomic mass is 32.1. The molecule has 3 N–H and O–H groups in total. The van der Waals surface area contributed by atoms with E-state index in [2.05, 4.69) is 20.3 Å². The second kappa shape index (κ2) is 8.68. The van der Waals surface area contributed by atoms with E-state index in [-0.39, 0.29) is 30.4 Å². The second-order valence-corrected chi connectivity index (χ2v) is 9.36. The van der Waals surface area contributed by atoms with Gasteiger partial charge in [-0.15, -0.1) is 11.3 Å². The van der Waals surface area contributed by atoms with Crippen molar-refractivity contribution in [1.82, 2.24) is 15.0 Å². The maximum absolute atomic E-state index is 14.9. The van der Waals surface area contributed by atoms with Crippen LogP contribution in [0.4, 0.5) is 9.52 Å². The van der Waals surface area contributed by atoms with Crippen molar-refractivity contribution in [3.8, 4) is 28.4 Å². The summed E-state index contributed by atoms with van der Waals surface area (Å²) >= 11 is 1.34. The van der Waals surface area contributed by atoms with Crippen molar-refractivity contribution >= 4 is 33.4 Å². The Morgan fingerprint density at radius 2 is 1.94 bits per heavy atom. The van der Waals surface area contributed by atoms with E-state index in [9.17, 15) is 14.3 Å². The lowest BCUT2D eigenvalue weighted by Gasteiger charge is -2.16. The number of hydrogen-bond acceptors (Lipinski definition) is 8. The molecule has 9 nitrogen and oxygen atoms in total. The molecule has 1 amide bonds. The fraction of sp³-hybridized carbons (Fsp3) is 0.292. The molecule has 2 unspecified atom stereocenters. The van der Waals surface area contributed by atoms with Crippen molar-refractivity contribution in [3.05, 3.63) is 47.6 Å². The third-order valence-corrected chi connectivity index (χ3v) is 6.79. The van der Waals surface area contributed by atoms with Gasteiger partial charge in [0.15, 0.2) is 22.9 Å².